The fourth-order valence-electron chi connectivity index (χ4n) is 4.49. The first-order chi connectivity index (χ1) is 16.6. The van der Waals surface area contributed by atoms with Crippen LogP contribution in [0.15, 0.2) is 78.9 Å². The van der Waals surface area contributed by atoms with Crippen LogP contribution < -0.4 is 11.3 Å². The number of rotatable bonds is 6. The molecule has 3 aromatic carbocycles. The third-order valence-electron chi connectivity index (χ3n) is 6.43. The van der Waals surface area contributed by atoms with Gasteiger partial charge in [-0.05, 0) is 70.4 Å². The molecule has 0 radical (unpaired) electrons. The molecule has 1 aliphatic rings. The van der Waals surface area contributed by atoms with Crippen molar-refractivity contribution in [3.63, 3.8) is 0 Å². The number of aromatic nitrogens is 2. The molecule has 0 saturated heterocycles. The zero-order chi connectivity index (χ0) is 23.5. The van der Waals surface area contributed by atoms with E-state index in [4.69, 9.17) is 5.84 Å². The van der Waals surface area contributed by atoms with Gasteiger partial charge < -0.3 is 0 Å². The number of carbonyl (C=O) groups excluding carboxylic acids is 1. The minimum Gasteiger partial charge on any atom is -0.291 e. The average Bonchev–Trinajstić information content (AvgIpc) is 3.22. The second kappa shape index (κ2) is 9.45. The van der Waals surface area contributed by atoms with Crippen molar-refractivity contribution in [1.29, 1.82) is 0 Å². The van der Waals surface area contributed by atoms with Gasteiger partial charge in [0.15, 0.2) is 0 Å². The normalized spacial score (nSPS) is 14.8. The predicted molar refractivity (Wildman–Crippen MR) is 134 cm³/mol. The molecule has 1 aromatic heterocycles. The topological polar surface area (TPSA) is 83.8 Å². The van der Waals surface area contributed by atoms with Crippen LogP contribution in [0.4, 0.5) is 4.39 Å². The molecule has 5 rings (SSSR count). The van der Waals surface area contributed by atoms with Crippen LogP contribution in [-0.2, 0) is 4.79 Å². The minimum atomic E-state index is -0.431. The molecule has 1 fully saturated rings. The van der Waals surface area contributed by atoms with Gasteiger partial charge in [-0.15, -0.1) is 0 Å². The quantitative estimate of drug-likeness (QED) is 0.119. The summed E-state index contributed by atoms with van der Waals surface area (Å²) in [6.45, 7) is 0. The van der Waals surface area contributed by atoms with Crippen LogP contribution >= 0.6 is 0 Å². The van der Waals surface area contributed by atoms with E-state index in [-0.39, 0.29) is 5.91 Å². The summed E-state index contributed by atoms with van der Waals surface area (Å²) in [5.74, 6) is 4.80. The number of nitrogens with one attached hydrogen (secondary N) is 2. The molecule has 0 bridgehead atoms. The van der Waals surface area contributed by atoms with Crippen LogP contribution in [0.2, 0.25) is 0 Å². The number of halogens is 1. The molecule has 1 heterocycles. The maximum absolute atomic E-state index is 14.4. The van der Waals surface area contributed by atoms with Gasteiger partial charge in [0.25, 0.3) is 5.91 Å². The maximum atomic E-state index is 14.4. The third kappa shape index (κ3) is 4.28. The molecule has 4 aromatic rings. The van der Waals surface area contributed by atoms with Gasteiger partial charge in [-0.3, -0.25) is 15.3 Å². The lowest BCUT2D eigenvalue weighted by Gasteiger charge is -2.31. The SMILES string of the molecule is NNC(=O)/C=C/c1ccc(/C(=C(\c2ccccc2)C2CCC2)c2ccc3n[nH]c(F)c3c2)cc1. The van der Waals surface area contributed by atoms with E-state index in [1.165, 1.54) is 23.6 Å². The lowest BCUT2D eigenvalue weighted by molar-refractivity contribution is -0.116. The Bertz CT molecular complexity index is 1380. The number of H-pyrrole nitrogens is 1. The molecular formula is C28H25FN4O. The van der Waals surface area contributed by atoms with Crippen LogP contribution in [0.5, 0.6) is 0 Å². The van der Waals surface area contributed by atoms with Crippen molar-refractivity contribution in [3.8, 4) is 0 Å². The number of nitrogens with zero attached hydrogens (tertiary/aromatic N) is 1. The highest BCUT2D eigenvalue weighted by molar-refractivity contribution is 6.01. The van der Waals surface area contributed by atoms with E-state index in [0.717, 1.165) is 35.1 Å². The molecule has 0 aliphatic heterocycles. The fourth-order valence-corrected chi connectivity index (χ4v) is 4.49. The lowest BCUT2D eigenvalue weighted by Crippen LogP contribution is -2.27. The number of fused-ring (bicyclic) bond motifs is 1. The highest BCUT2D eigenvalue weighted by Crippen LogP contribution is 2.45. The first kappa shape index (κ1) is 21.8. The summed E-state index contributed by atoms with van der Waals surface area (Å²) in [6, 6.07) is 24.2. The van der Waals surface area contributed by atoms with Crippen LogP contribution in [0, 0.1) is 11.9 Å². The highest BCUT2D eigenvalue weighted by Gasteiger charge is 2.27. The van der Waals surface area contributed by atoms with E-state index in [9.17, 15) is 9.18 Å². The highest BCUT2D eigenvalue weighted by atomic mass is 19.1. The Balaban J connectivity index is 1.69. The summed E-state index contributed by atoms with van der Waals surface area (Å²) >= 11 is 0. The van der Waals surface area contributed by atoms with Gasteiger partial charge in [-0.2, -0.15) is 9.49 Å². The number of nitrogens with two attached hydrogens (primary N) is 1. The molecule has 5 nitrogen and oxygen atoms in total. The van der Waals surface area contributed by atoms with E-state index in [0.29, 0.717) is 16.8 Å². The van der Waals surface area contributed by atoms with Gasteiger partial charge in [-0.1, -0.05) is 67.1 Å². The Kier molecular flexibility index (Phi) is 6.06. The Hall–Kier alpha value is -4.03. The third-order valence-corrected chi connectivity index (χ3v) is 6.43. The van der Waals surface area contributed by atoms with Crippen LogP contribution in [0.1, 0.15) is 41.5 Å². The second-order valence-corrected chi connectivity index (χ2v) is 8.52. The van der Waals surface area contributed by atoms with Crippen molar-refractivity contribution in [1.82, 2.24) is 15.6 Å². The maximum Gasteiger partial charge on any atom is 0.257 e. The Morgan fingerprint density at radius 2 is 1.74 bits per heavy atom. The van der Waals surface area contributed by atoms with Crippen LogP contribution in [0.25, 0.3) is 28.1 Å². The molecule has 1 amide bonds. The molecule has 34 heavy (non-hydrogen) atoms. The first-order valence-electron chi connectivity index (χ1n) is 11.4. The fraction of sp³-hybridized carbons (Fsp3) is 0.143. The number of amides is 1. The Morgan fingerprint density at radius 1 is 1.00 bits per heavy atom. The molecular weight excluding hydrogens is 427 g/mol. The number of carbonyl (C=O) groups is 1. The van der Waals surface area contributed by atoms with Crippen molar-refractivity contribution in [3.05, 3.63) is 107 Å². The van der Waals surface area contributed by atoms with Crippen molar-refractivity contribution in [2.45, 2.75) is 19.3 Å². The first-order valence-corrected chi connectivity index (χ1v) is 11.4. The van der Waals surface area contributed by atoms with Crippen molar-refractivity contribution >= 4 is 34.0 Å². The van der Waals surface area contributed by atoms with Crippen LogP contribution in [-0.4, -0.2) is 16.1 Å². The van der Waals surface area contributed by atoms with Gasteiger partial charge in [0.1, 0.15) is 0 Å². The van der Waals surface area contributed by atoms with E-state index in [2.05, 4.69) is 39.9 Å². The zero-order valence-electron chi connectivity index (χ0n) is 18.6. The van der Waals surface area contributed by atoms with Gasteiger partial charge in [-0.25, -0.2) is 5.84 Å². The Morgan fingerprint density at radius 3 is 2.41 bits per heavy atom. The summed E-state index contributed by atoms with van der Waals surface area (Å²) in [5.41, 5.74) is 9.11. The molecule has 0 spiro atoms. The van der Waals surface area contributed by atoms with Crippen molar-refractivity contribution in [2.75, 3.05) is 0 Å². The zero-order valence-corrected chi connectivity index (χ0v) is 18.6. The van der Waals surface area contributed by atoms with E-state index < -0.39 is 5.95 Å². The minimum absolute atomic E-state index is 0.364. The molecule has 0 unspecified atom stereocenters. The smallest absolute Gasteiger partial charge is 0.257 e. The summed E-state index contributed by atoms with van der Waals surface area (Å²) in [6.07, 6.45) is 6.57. The molecule has 0 atom stereocenters. The average molecular weight is 453 g/mol. The molecule has 1 aliphatic carbocycles. The predicted octanol–water partition coefficient (Wildman–Crippen LogP) is 5.46. The van der Waals surface area contributed by atoms with Gasteiger partial charge >= 0.3 is 0 Å². The number of aromatic amines is 1. The van der Waals surface area contributed by atoms with E-state index >= 15 is 0 Å². The molecule has 170 valence electrons. The molecule has 4 N–H and O–H groups in total. The second-order valence-electron chi connectivity index (χ2n) is 8.52. The van der Waals surface area contributed by atoms with Crippen molar-refractivity contribution in [2.24, 2.45) is 11.8 Å². The summed E-state index contributed by atoms with van der Waals surface area (Å²) in [4.78, 5) is 11.4. The summed E-state index contributed by atoms with van der Waals surface area (Å²) in [7, 11) is 0. The summed E-state index contributed by atoms with van der Waals surface area (Å²) < 4.78 is 14.4. The van der Waals surface area contributed by atoms with Crippen molar-refractivity contribution < 1.29 is 9.18 Å². The van der Waals surface area contributed by atoms with E-state index in [1.807, 2.05) is 48.5 Å². The van der Waals surface area contributed by atoms with Gasteiger partial charge in [0.2, 0.25) is 5.95 Å². The number of benzene rings is 3. The number of hydrogen-bond donors (Lipinski definition) is 3. The van der Waals surface area contributed by atoms with E-state index in [1.54, 1.807) is 6.08 Å². The molecule has 1 saturated carbocycles. The van der Waals surface area contributed by atoms with Gasteiger partial charge in [0, 0.05) is 6.08 Å². The van der Waals surface area contributed by atoms with Gasteiger partial charge in [0.05, 0.1) is 10.9 Å². The van der Waals surface area contributed by atoms with Crippen LogP contribution in [0.3, 0.4) is 0 Å². The number of allylic oxidation sites excluding steroid dienone is 1. The Labute approximate surface area is 197 Å². The standard InChI is InChI=1S/C28H25FN4O/c29-28-23-17-22(14-15-24(23)32-33-28)27(21-12-9-18(10-13-21)11-16-25(34)31-30)26(20-7-4-8-20)19-5-2-1-3-6-19/h1-3,5-6,9-17,20H,4,7-8,30H2,(H,31,34)(H,32,33)/b16-11+,27-26-. The largest absolute Gasteiger partial charge is 0.291 e. The lowest BCUT2D eigenvalue weighted by atomic mass is 9.73. The monoisotopic (exact) mass is 452 g/mol. The number of hydrogen-bond acceptors (Lipinski definition) is 3. The molecule has 6 heteroatoms. The summed E-state index contributed by atoms with van der Waals surface area (Å²) in [5, 5.41) is 6.96. The number of hydrazine groups is 1.